The minimum absolute atomic E-state index is 0.190. The molecule has 1 aromatic rings. The van der Waals surface area contributed by atoms with Crippen LogP contribution in [0.25, 0.3) is 0 Å². The molecule has 0 atom stereocenters. The maximum Gasteiger partial charge on any atom is 0.336 e. The second-order valence-electron chi connectivity index (χ2n) is 3.78. The molecular formula is C15H25NO5. The maximum atomic E-state index is 10.5. The Morgan fingerprint density at radius 3 is 1.29 bits per heavy atom. The van der Waals surface area contributed by atoms with E-state index in [4.69, 9.17) is 15.3 Å². The molecule has 0 heterocycles. The Labute approximate surface area is 125 Å². The van der Waals surface area contributed by atoms with Crippen LogP contribution in [0.15, 0.2) is 24.3 Å². The van der Waals surface area contributed by atoms with E-state index in [-0.39, 0.29) is 11.1 Å². The van der Waals surface area contributed by atoms with Crippen molar-refractivity contribution in [3.05, 3.63) is 35.4 Å². The molecular weight excluding hydrogens is 274 g/mol. The summed E-state index contributed by atoms with van der Waals surface area (Å²) in [7, 11) is 1.00. The molecule has 0 aliphatic carbocycles. The highest BCUT2D eigenvalue weighted by molar-refractivity contribution is 6.01. The minimum Gasteiger partial charge on any atom is -0.478 e. The predicted molar refractivity (Wildman–Crippen MR) is 82.0 cm³/mol. The quantitative estimate of drug-likeness (QED) is 0.769. The zero-order chi connectivity index (χ0) is 16.8. The highest BCUT2D eigenvalue weighted by atomic mass is 16.4. The lowest BCUT2D eigenvalue weighted by atomic mass is 10.1. The van der Waals surface area contributed by atoms with Crippen molar-refractivity contribution in [2.24, 2.45) is 0 Å². The van der Waals surface area contributed by atoms with E-state index in [1.54, 1.807) is 0 Å². The lowest BCUT2D eigenvalue weighted by molar-refractivity contribution is 0.0651. The number of hydrogen-bond acceptors (Lipinski definition) is 4. The number of benzene rings is 1. The molecule has 0 saturated heterocycles. The van der Waals surface area contributed by atoms with Gasteiger partial charge in [-0.3, -0.25) is 0 Å². The Kier molecular flexibility index (Phi) is 13.3. The molecule has 0 radical (unpaired) electrons. The van der Waals surface area contributed by atoms with E-state index in [1.165, 1.54) is 43.9 Å². The van der Waals surface area contributed by atoms with Crippen molar-refractivity contribution in [2.45, 2.75) is 20.8 Å². The van der Waals surface area contributed by atoms with E-state index < -0.39 is 11.9 Å². The Hall–Kier alpha value is -1.92. The summed E-state index contributed by atoms with van der Waals surface area (Å²) in [5.74, 6) is -2.46. The molecule has 0 fully saturated rings. The summed E-state index contributed by atoms with van der Waals surface area (Å²) in [6.07, 6.45) is 0. The van der Waals surface area contributed by atoms with Gasteiger partial charge in [0.25, 0.3) is 0 Å². The number of nitrogens with zero attached hydrogens (tertiary/aromatic N) is 1. The van der Waals surface area contributed by atoms with Gasteiger partial charge in [-0.1, -0.05) is 32.9 Å². The van der Waals surface area contributed by atoms with E-state index in [0.717, 1.165) is 7.11 Å². The van der Waals surface area contributed by atoms with Crippen LogP contribution in [0.5, 0.6) is 0 Å². The highest BCUT2D eigenvalue weighted by Gasteiger charge is 2.13. The fourth-order valence-electron chi connectivity index (χ4n) is 1.53. The minimum atomic E-state index is -1.23. The van der Waals surface area contributed by atoms with E-state index in [1.807, 2.05) is 0 Å². The van der Waals surface area contributed by atoms with E-state index in [9.17, 15) is 9.59 Å². The predicted octanol–water partition coefficient (Wildman–Crippen LogP) is 2.04. The van der Waals surface area contributed by atoms with Crippen LogP contribution in [0.4, 0.5) is 0 Å². The zero-order valence-electron chi connectivity index (χ0n) is 13.0. The van der Waals surface area contributed by atoms with Crippen LogP contribution in [-0.4, -0.2) is 58.9 Å². The van der Waals surface area contributed by atoms with Crippen molar-refractivity contribution in [3.63, 3.8) is 0 Å². The van der Waals surface area contributed by atoms with Crippen LogP contribution in [0, 0.1) is 0 Å². The standard InChI is InChI=1S/C8H6O4.C6H15N.CH4O/c9-7(10)5-3-1-2-4-6(5)8(11)12;1-4-7(5-2)6-3;1-2/h1-4H,(H,9,10)(H,11,12);4-6H2,1-3H3;2H,1H3. The lowest BCUT2D eigenvalue weighted by Crippen LogP contribution is -2.21. The number of carboxylic acids is 2. The van der Waals surface area contributed by atoms with Gasteiger partial charge in [-0.25, -0.2) is 9.59 Å². The third kappa shape index (κ3) is 8.78. The van der Waals surface area contributed by atoms with E-state index in [2.05, 4.69) is 25.7 Å². The second kappa shape index (κ2) is 13.1. The third-order valence-corrected chi connectivity index (χ3v) is 2.73. The van der Waals surface area contributed by atoms with E-state index >= 15 is 0 Å². The highest BCUT2D eigenvalue weighted by Crippen LogP contribution is 2.07. The summed E-state index contributed by atoms with van der Waals surface area (Å²) < 4.78 is 0. The molecule has 0 bridgehead atoms. The molecule has 1 aromatic carbocycles. The molecule has 120 valence electrons. The van der Waals surface area contributed by atoms with Crippen LogP contribution in [0.2, 0.25) is 0 Å². The molecule has 0 spiro atoms. The first-order valence-electron chi connectivity index (χ1n) is 6.70. The summed E-state index contributed by atoms with van der Waals surface area (Å²) in [6.45, 7) is 10.1. The second-order valence-corrected chi connectivity index (χ2v) is 3.78. The summed E-state index contributed by atoms with van der Waals surface area (Å²) in [6, 6.07) is 5.48. The normalized spacial score (nSPS) is 9.05. The van der Waals surface area contributed by atoms with Gasteiger partial charge in [0.2, 0.25) is 0 Å². The summed E-state index contributed by atoms with van der Waals surface area (Å²) in [5.41, 5.74) is -0.380. The molecule has 0 aliphatic heterocycles. The molecule has 1 rings (SSSR count). The summed E-state index contributed by atoms with van der Waals surface area (Å²) in [5, 5.41) is 24.1. The topological polar surface area (TPSA) is 98.1 Å². The molecule has 6 heteroatoms. The van der Waals surface area contributed by atoms with Gasteiger partial charge in [0, 0.05) is 7.11 Å². The van der Waals surface area contributed by atoms with Crippen molar-refractivity contribution >= 4 is 11.9 Å². The van der Waals surface area contributed by atoms with Crippen LogP contribution in [-0.2, 0) is 0 Å². The largest absolute Gasteiger partial charge is 0.478 e. The lowest BCUT2D eigenvalue weighted by Gasteiger charge is -2.13. The number of hydrogen-bond donors (Lipinski definition) is 3. The van der Waals surface area contributed by atoms with Crippen LogP contribution >= 0.6 is 0 Å². The number of rotatable bonds is 5. The van der Waals surface area contributed by atoms with Gasteiger partial charge < -0.3 is 20.2 Å². The van der Waals surface area contributed by atoms with Crippen molar-refractivity contribution in [2.75, 3.05) is 26.7 Å². The van der Waals surface area contributed by atoms with Crippen LogP contribution < -0.4 is 0 Å². The maximum absolute atomic E-state index is 10.5. The van der Waals surface area contributed by atoms with Gasteiger partial charge >= 0.3 is 11.9 Å². The third-order valence-electron chi connectivity index (χ3n) is 2.73. The Balaban J connectivity index is 0. The van der Waals surface area contributed by atoms with Crippen molar-refractivity contribution < 1.29 is 24.9 Å². The fourth-order valence-corrected chi connectivity index (χ4v) is 1.53. The molecule has 21 heavy (non-hydrogen) atoms. The average molecular weight is 299 g/mol. The van der Waals surface area contributed by atoms with Gasteiger partial charge in [0.05, 0.1) is 11.1 Å². The number of carbonyl (C=O) groups is 2. The summed E-state index contributed by atoms with van der Waals surface area (Å²) in [4.78, 5) is 23.3. The molecule has 0 aliphatic rings. The van der Waals surface area contributed by atoms with Crippen molar-refractivity contribution in [3.8, 4) is 0 Å². The van der Waals surface area contributed by atoms with Crippen LogP contribution in [0.3, 0.4) is 0 Å². The Bertz CT molecular complexity index is 378. The number of aliphatic hydroxyl groups excluding tert-OH is 1. The van der Waals surface area contributed by atoms with Gasteiger partial charge in [0.1, 0.15) is 0 Å². The zero-order valence-corrected chi connectivity index (χ0v) is 13.0. The van der Waals surface area contributed by atoms with Gasteiger partial charge in [-0.05, 0) is 31.8 Å². The smallest absolute Gasteiger partial charge is 0.336 e. The molecule has 0 unspecified atom stereocenters. The van der Waals surface area contributed by atoms with Gasteiger partial charge in [0.15, 0.2) is 0 Å². The molecule has 0 aromatic heterocycles. The van der Waals surface area contributed by atoms with Crippen molar-refractivity contribution in [1.82, 2.24) is 4.90 Å². The Morgan fingerprint density at radius 1 is 0.857 bits per heavy atom. The van der Waals surface area contributed by atoms with Gasteiger partial charge in [-0.2, -0.15) is 0 Å². The first kappa shape index (κ1) is 21.4. The monoisotopic (exact) mass is 299 g/mol. The molecule has 3 N–H and O–H groups in total. The first-order valence-corrected chi connectivity index (χ1v) is 6.70. The SMILES string of the molecule is CCN(CC)CC.CO.O=C(O)c1ccccc1C(=O)O. The van der Waals surface area contributed by atoms with Gasteiger partial charge in [-0.15, -0.1) is 0 Å². The first-order chi connectivity index (χ1) is 9.97. The van der Waals surface area contributed by atoms with E-state index in [0.29, 0.717) is 0 Å². The van der Waals surface area contributed by atoms with Crippen LogP contribution in [0.1, 0.15) is 41.5 Å². The molecule has 0 saturated carbocycles. The molecule has 0 amide bonds. The summed E-state index contributed by atoms with van der Waals surface area (Å²) >= 11 is 0. The van der Waals surface area contributed by atoms with Crippen molar-refractivity contribution in [1.29, 1.82) is 0 Å². The fraction of sp³-hybridized carbons (Fsp3) is 0.467. The number of carboxylic acid groups (broad SMARTS) is 2. The average Bonchev–Trinajstić information content (AvgIpc) is 2.51. The number of aromatic carboxylic acids is 2. The Morgan fingerprint density at radius 2 is 1.14 bits per heavy atom. The number of aliphatic hydroxyl groups is 1. The molecule has 6 nitrogen and oxygen atoms in total.